The average molecular weight is 198 g/mol. The van der Waals surface area contributed by atoms with Crippen LogP contribution in [0.5, 0.6) is 0 Å². The molecular formula is C6H4BrN3. The van der Waals surface area contributed by atoms with E-state index in [1.165, 1.54) is 0 Å². The number of hydrogen-bond acceptors (Lipinski definition) is 2. The van der Waals surface area contributed by atoms with Crippen LogP contribution in [0.1, 0.15) is 0 Å². The lowest BCUT2D eigenvalue weighted by molar-refractivity contribution is 1.11. The van der Waals surface area contributed by atoms with Gasteiger partial charge in [-0.2, -0.15) is 5.10 Å². The van der Waals surface area contributed by atoms with Gasteiger partial charge in [-0.1, -0.05) is 0 Å². The van der Waals surface area contributed by atoms with E-state index in [2.05, 4.69) is 31.1 Å². The van der Waals surface area contributed by atoms with E-state index in [0.717, 1.165) is 15.4 Å². The Morgan fingerprint density at radius 2 is 2.20 bits per heavy atom. The highest BCUT2D eigenvalue weighted by atomic mass is 79.9. The molecule has 0 aliphatic heterocycles. The monoisotopic (exact) mass is 197 g/mol. The van der Waals surface area contributed by atoms with Crippen LogP contribution in [0.25, 0.3) is 10.9 Å². The third-order valence-corrected chi connectivity index (χ3v) is 1.95. The fourth-order valence-corrected chi connectivity index (χ4v) is 1.27. The zero-order chi connectivity index (χ0) is 6.97. The van der Waals surface area contributed by atoms with E-state index >= 15 is 0 Å². The summed E-state index contributed by atoms with van der Waals surface area (Å²) in [7, 11) is 0. The van der Waals surface area contributed by atoms with Crippen molar-refractivity contribution in [3.8, 4) is 0 Å². The fourth-order valence-electron chi connectivity index (χ4n) is 0.832. The second-order valence-electron chi connectivity index (χ2n) is 1.95. The van der Waals surface area contributed by atoms with E-state index in [9.17, 15) is 0 Å². The molecule has 2 aromatic heterocycles. The topological polar surface area (TPSA) is 41.6 Å². The summed E-state index contributed by atoms with van der Waals surface area (Å²) in [5.41, 5.74) is 0.953. The number of nitrogens with one attached hydrogen (secondary N) is 1. The maximum Gasteiger partial charge on any atom is 0.0844 e. The van der Waals surface area contributed by atoms with Crippen LogP contribution < -0.4 is 0 Å². The van der Waals surface area contributed by atoms with E-state index in [1.54, 1.807) is 18.6 Å². The Balaban J connectivity index is 2.95. The summed E-state index contributed by atoms with van der Waals surface area (Å²) in [5.74, 6) is 0. The molecule has 0 amide bonds. The first-order valence-electron chi connectivity index (χ1n) is 2.80. The Kier molecular flexibility index (Phi) is 1.20. The number of halogens is 1. The quantitative estimate of drug-likeness (QED) is 0.700. The zero-order valence-corrected chi connectivity index (χ0v) is 6.59. The molecule has 0 fully saturated rings. The Bertz CT molecular complexity index is 355. The molecule has 0 aliphatic carbocycles. The lowest BCUT2D eigenvalue weighted by atomic mass is 10.3. The SMILES string of the molecule is Brc1cncc2[nH]ncc12. The second-order valence-corrected chi connectivity index (χ2v) is 2.81. The van der Waals surface area contributed by atoms with Crippen LogP contribution in [0, 0.1) is 0 Å². The van der Waals surface area contributed by atoms with Crippen molar-refractivity contribution in [2.75, 3.05) is 0 Å². The first kappa shape index (κ1) is 5.85. The van der Waals surface area contributed by atoms with Crippen LogP contribution in [0.3, 0.4) is 0 Å². The molecule has 2 heterocycles. The molecule has 0 spiro atoms. The smallest absolute Gasteiger partial charge is 0.0844 e. The molecule has 2 aromatic rings. The van der Waals surface area contributed by atoms with E-state index in [-0.39, 0.29) is 0 Å². The van der Waals surface area contributed by atoms with Crippen molar-refractivity contribution in [2.24, 2.45) is 0 Å². The number of aromatic amines is 1. The van der Waals surface area contributed by atoms with E-state index < -0.39 is 0 Å². The normalized spacial score (nSPS) is 10.5. The number of rotatable bonds is 0. The van der Waals surface area contributed by atoms with Crippen molar-refractivity contribution in [1.29, 1.82) is 0 Å². The van der Waals surface area contributed by atoms with Crippen LogP contribution in [0.2, 0.25) is 0 Å². The Morgan fingerprint density at radius 3 is 3.00 bits per heavy atom. The van der Waals surface area contributed by atoms with Gasteiger partial charge in [-0.15, -0.1) is 0 Å². The average Bonchev–Trinajstić information content (AvgIpc) is 2.36. The van der Waals surface area contributed by atoms with Crippen molar-refractivity contribution in [2.45, 2.75) is 0 Å². The highest BCUT2D eigenvalue weighted by Gasteiger charge is 1.97. The summed E-state index contributed by atoms with van der Waals surface area (Å²) in [6.07, 6.45) is 5.26. The van der Waals surface area contributed by atoms with Crippen molar-refractivity contribution in [1.82, 2.24) is 15.2 Å². The molecule has 0 bridgehead atoms. The van der Waals surface area contributed by atoms with Gasteiger partial charge in [0.05, 0.1) is 17.9 Å². The number of aromatic nitrogens is 3. The minimum Gasteiger partial charge on any atom is -0.276 e. The minimum atomic E-state index is 0.953. The van der Waals surface area contributed by atoms with E-state index in [4.69, 9.17) is 0 Å². The fraction of sp³-hybridized carbons (Fsp3) is 0. The van der Waals surface area contributed by atoms with Gasteiger partial charge in [-0.05, 0) is 15.9 Å². The molecule has 0 unspecified atom stereocenters. The van der Waals surface area contributed by atoms with Crippen LogP contribution in [0.15, 0.2) is 23.1 Å². The predicted molar refractivity (Wildman–Crippen MR) is 41.6 cm³/mol. The molecule has 1 N–H and O–H groups in total. The third kappa shape index (κ3) is 0.724. The molecular weight excluding hydrogens is 194 g/mol. The Labute approximate surface area is 65.6 Å². The second kappa shape index (κ2) is 2.05. The summed E-state index contributed by atoms with van der Waals surface area (Å²) < 4.78 is 0.971. The number of hydrogen-bond donors (Lipinski definition) is 1. The molecule has 2 rings (SSSR count). The van der Waals surface area contributed by atoms with Gasteiger partial charge in [0.15, 0.2) is 0 Å². The van der Waals surface area contributed by atoms with E-state index in [1.807, 2.05) is 0 Å². The first-order chi connectivity index (χ1) is 4.88. The minimum absolute atomic E-state index is 0.953. The summed E-state index contributed by atoms with van der Waals surface area (Å²) in [6, 6.07) is 0. The molecule has 10 heavy (non-hydrogen) atoms. The van der Waals surface area contributed by atoms with Gasteiger partial charge in [-0.25, -0.2) is 0 Å². The zero-order valence-electron chi connectivity index (χ0n) is 5.00. The lowest BCUT2D eigenvalue weighted by Gasteiger charge is -1.88. The number of nitrogens with zero attached hydrogens (tertiary/aromatic N) is 2. The number of H-pyrrole nitrogens is 1. The molecule has 50 valence electrons. The summed E-state index contributed by atoms with van der Waals surface area (Å²) in [5, 5.41) is 7.75. The standard InChI is InChI=1S/C6H4BrN3/c7-5-2-8-3-6-4(5)1-9-10-6/h1-3H,(H,9,10). The molecule has 0 saturated heterocycles. The van der Waals surface area contributed by atoms with Gasteiger partial charge in [-0.3, -0.25) is 10.1 Å². The van der Waals surface area contributed by atoms with Gasteiger partial charge in [0.2, 0.25) is 0 Å². The van der Waals surface area contributed by atoms with Gasteiger partial charge in [0.25, 0.3) is 0 Å². The molecule has 4 heteroatoms. The predicted octanol–water partition coefficient (Wildman–Crippen LogP) is 1.72. The number of pyridine rings is 1. The van der Waals surface area contributed by atoms with Crippen molar-refractivity contribution < 1.29 is 0 Å². The van der Waals surface area contributed by atoms with Crippen LogP contribution in [0.4, 0.5) is 0 Å². The number of fused-ring (bicyclic) bond motifs is 1. The van der Waals surface area contributed by atoms with Crippen LogP contribution in [-0.4, -0.2) is 15.2 Å². The van der Waals surface area contributed by atoms with Crippen molar-refractivity contribution in [3.63, 3.8) is 0 Å². The first-order valence-corrected chi connectivity index (χ1v) is 3.60. The maximum atomic E-state index is 3.97. The molecule has 0 aromatic carbocycles. The third-order valence-electron chi connectivity index (χ3n) is 1.32. The molecule has 0 saturated carbocycles. The van der Waals surface area contributed by atoms with Gasteiger partial charge in [0, 0.05) is 16.1 Å². The molecule has 0 radical (unpaired) electrons. The highest BCUT2D eigenvalue weighted by Crippen LogP contribution is 2.19. The molecule has 0 atom stereocenters. The molecule has 3 nitrogen and oxygen atoms in total. The lowest BCUT2D eigenvalue weighted by Crippen LogP contribution is -1.72. The summed E-state index contributed by atoms with van der Waals surface area (Å²) in [6.45, 7) is 0. The molecule has 0 aliphatic rings. The maximum absolute atomic E-state index is 3.97. The Hall–Kier alpha value is -0.900. The van der Waals surface area contributed by atoms with Gasteiger partial charge >= 0.3 is 0 Å². The van der Waals surface area contributed by atoms with E-state index in [0.29, 0.717) is 0 Å². The largest absolute Gasteiger partial charge is 0.276 e. The van der Waals surface area contributed by atoms with Gasteiger partial charge < -0.3 is 0 Å². The summed E-state index contributed by atoms with van der Waals surface area (Å²) in [4.78, 5) is 3.97. The summed E-state index contributed by atoms with van der Waals surface area (Å²) >= 11 is 3.35. The van der Waals surface area contributed by atoms with Gasteiger partial charge in [0.1, 0.15) is 0 Å². The highest BCUT2D eigenvalue weighted by molar-refractivity contribution is 9.10. The Morgan fingerprint density at radius 1 is 1.30 bits per heavy atom. The van der Waals surface area contributed by atoms with Crippen molar-refractivity contribution >= 4 is 26.8 Å². The van der Waals surface area contributed by atoms with Crippen LogP contribution in [-0.2, 0) is 0 Å². The van der Waals surface area contributed by atoms with Crippen molar-refractivity contribution in [3.05, 3.63) is 23.1 Å². The van der Waals surface area contributed by atoms with Crippen LogP contribution >= 0.6 is 15.9 Å².